The molecule has 0 aliphatic carbocycles. The Balaban J connectivity index is 2.04. The Labute approximate surface area is 148 Å². The second-order valence-corrected chi connectivity index (χ2v) is 6.21. The van der Waals surface area contributed by atoms with E-state index in [0.29, 0.717) is 0 Å². The molecule has 0 radical (unpaired) electrons. The van der Waals surface area contributed by atoms with Crippen LogP contribution in [0.2, 0.25) is 0 Å². The van der Waals surface area contributed by atoms with Crippen molar-refractivity contribution >= 4 is 17.1 Å². The highest BCUT2D eigenvalue weighted by Crippen LogP contribution is 2.35. The van der Waals surface area contributed by atoms with Crippen molar-refractivity contribution in [3.63, 3.8) is 0 Å². The molecule has 2 atom stereocenters. The molecule has 0 spiro atoms. The lowest BCUT2D eigenvalue weighted by atomic mass is 10.1. The summed E-state index contributed by atoms with van der Waals surface area (Å²) in [6.07, 6.45) is -0.964. The van der Waals surface area contributed by atoms with Crippen molar-refractivity contribution in [1.82, 2.24) is 0 Å². The average molecular weight is 333 g/mol. The van der Waals surface area contributed by atoms with Gasteiger partial charge in [-0.3, -0.25) is 0 Å². The van der Waals surface area contributed by atoms with Gasteiger partial charge < -0.3 is 15.1 Å². The monoisotopic (exact) mass is 333 g/mol. The number of hydrogen-bond acceptors (Lipinski definition) is 3. The second kappa shape index (κ2) is 7.51. The van der Waals surface area contributed by atoms with Crippen LogP contribution >= 0.6 is 0 Å². The normalized spacial score (nSPS) is 13.3. The molecule has 0 aromatic heterocycles. The van der Waals surface area contributed by atoms with Crippen molar-refractivity contribution in [3.8, 4) is 0 Å². The molecule has 3 aromatic carbocycles. The SMILES string of the molecule is CC(O)c1ccc(N(c2ccccc2)c2ccc(C(C)O)cc2)cc1. The van der Waals surface area contributed by atoms with Crippen LogP contribution in [0.1, 0.15) is 37.2 Å². The summed E-state index contributed by atoms with van der Waals surface area (Å²) >= 11 is 0. The van der Waals surface area contributed by atoms with Crippen LogP contribution in [0.15, 0.2) is 78.9 Å². The fourth-order valence-electron chi connectivity index (χ4n) is 2.83. The first-order chi connectivity index (χ1) is 12.1. The van der Waals surface area contributed by atoms with Crippen LogP contribution in [0.25, 0.3) is 0 Å². The highest BCUT2D eigenvalue weighted by molar-refractivity contribution is 5.76. The molecule has 0 saturated heterocycles. The third kappa shape index (κ3) is 3.90. The molecule has 2 N–H and O–H groups in total. The van der Waals surface area contributed by atoms with Gasteiger partial charge in [0, 0.05) is 17.1 Å². The van der Waals surface area contributed by atoms with Gasteiger partial charge in [-0.1, -0.05) is 42.5 Å². The Bertz CT molecular complexity index is 742. The zero-order valence-electron chi connectivity index (χ0n) is 14.5. The summed E-state index contributed by atoms with van der Waals surface area (Å²) in [4.78, 5) is 2.15. The lowest BCUT2D eigenvalue weighted by Gasteiger charge is -2.26. The molecular weight excluding hydrogens is 310 g/mol. The van der Waals surface area contributed by atoms with Gasteiger partial charge in [-0.05, 0) is 61.4 Å². The van der Waals surface area contributed by atoms with Crippen LogP contribution < -0.4 is 4.90 Å². The number of hydrogen-bond donors (Lipinski definition) is 2. The zero-order chi connectivity index (χ0) is 17.8. The Kier molecular flexibility index (Phi) is 5.17. The molecule has 3 heteroatoms. The highest BCUT2D eigenvalue weighted by atomic mass is 16.3. The van der Waals surface area contributed by atoms with Crippen molar-refractivity contribution in [2.75, 3.05) is 4.90 Å². The van der Waals surface area contributed by atoms with Gasteiger partial charge in [0.1, 0.15) is 0 Å². The lowest BCUT2D eigenvalue weighted by Crippen LogP contribution is -2.10. The molecule has 0 aliphatic rings. The van der Waals surface area contributed by atoms with Gasteiger partial charge in [0.25, 0.3) is 0 Å². The van der Waals surface area contributed by atoms with E-state index in [1.54, 1.807) is 13.8 Å². The topological polar surface area (TPSA) is 43.7 Å². The number of rotatable bonds is 5. The Morgan fingerprint density at radius 3 is 1.28 bits per heavy atom. The molecule has 25 heavy (non-hydrogen) atoms. The third-order valence-corrected chi connectivity index (χ3v) is 4.28. The molecule has 0 bridgehead atoms. The number of benzene rings is 3. The predicted octanol–water partition coefficient (Wildman–Crippen LogP) is 5.26. The van der Waals surface area contributed by atoms with Crippen molar-refractivity contribution in [2.24, 2.45) is 0 Å². The number of aliphatic hydroxyl groups is 2. The first-order valence-electron chi connectivity index (χ1n) is 8.47. The molecule has 128 valence electrons. The van der Waals surface area contributed by atoms with E-state index in [4.69, 9.17) is 0 Å². The van der Waals surface area contributed by atoms with Gasteiger partial charge in [0.15, 0.2) is 0 Å². The van der Waals surface area contributed by atoms with Gasteiger partial charge in [0.2, 0.25) is 0 Å². The molecule has 0 saturated carbocycles. The average Bonchev–Trinajstić information content (AvgIpc) is 2.64. The van der Waals surface area contributed by atoms with Crippen molar-refractivity contribution in [3.05, 3.63) is 90.0 Å². The predicted molar refractivity (Wildman–Crippen MR) is 102 cm³/mol. The number of anilines is 3. The molecule has 0 fully saturated rings. The number of para-hydroxylation sites is 1. The minimum atomic E-state index is -0.482. The van der Waals surface area contributed by atoms with Gasteiger partial charge in [-0.15, -0.1) is 0 Å². The third-order valence-electron chi connectivity index (χ3n) is 4.28. The molecule has 3 rings (SSSR count). The van der Waals surface area contributed by atoms with Gasteiger partial charge in [-0.25, -0.2) is 0 Å². The van der Waals surface area contributed by atoms with Crippen LogP contribution in [0.4, 0.5) is 17.1 Å². The Morgan fingerprint density at radius 1 is 0.560 bits per heavy atom. The van der Waals surface area contributed by atoms with E-state index in [9.17, 15) is 10.2 Å². The van der Waals surface area contributed by atoms with Gasteiger partial charge >= 0.3 is 0 Å². The summed E-state index contributed by atoms with van der Waals surface area (Å²) in [7, 11) is 0. The summed E-state index contributed by atoms with van der Waals surface area (Å²) in [5.74, 6) is 0. The van der Waals surface area contributed by atoms with E-state index in [0.717, 1.165) is 28.2 Å². The van der Waals surface area contributed by atoms with E-state index < -0.39 is 12.2 Å². The largest absolute Gasteiger partial charge is 0.389 e. The fourth-order valence-corrected chi connectivity index (χ4v) is 2.83. The van der Waals surface area contributed by atoms with E-state index in [2.05, 4.69) is 17.0 Å². The Hall–Kier alpha value is -2.62. The van der Waals surface area contributed by atoms with E-state index in [1.165, 1.54) is 0 Å². The highest BCUT2D eigenvalue weighted by Gasteiger charge is 2.13. The number of nitrogens with zero attached hydrogens (tertiary/aromatic N) is 1. The quantitative estimate of drug-likeness (QED) is 0.669. The van der Waals surface area contributed by atoms with Crippen molar-refractivity contribution in [2.45, 2.75) is 26.1 Å². The van der Waals surface area contributed by atoms with Crippen molar-refractivity contribution in [1.29, 1.82) is 0 Å². The first-order valence-corrected chi connectivity index (χ1v) is 8.47. The van der Waals surface area contributed by atoms with Crippen LogP contribution in [-0.2, 0) is 0 Å². The summed E-state index contributed by atoms with van der Waals surface area (Å²) in [5, 5.41) is 19.5. The lowest BCUT2D eigenvalue weighted by molar-refractivity contribution is 0.199. The molecular formula is C22H23NO2. The maximum absolute atomic E-state index is 9.73. The van der Waals surface area contributed by atoms with Crippen LogP contribution in [0, 0.1) is 0 Å². The maximum Gasteiger partial charge on any atom is 0.0761 e. The summed E-state index contributed by atoms with van der Waals surface area (Å²) in [6, 6.07) is 26.0. The molecule has 3 nitrogen and oxygen atoms in total. The Morgan fingerprint density at radius 2 is 0.920 bits per heavy atom. The van der Waals surface area contributed by atoms with Crippen LogP contribution in [0.3, 0.4) is 0 Å². The smallest absolute Gasteiger partial charge is 0.0761 e. The minimum Gasteiger partial charge on any atom is -0.389 e. The van der Waals surface area contributed by atoms with Crippen LogP contribution in [-0.4, -0.2) is 10.2 Å². The molecule has 3 aromatic rings. The standard InChI is InChI=1S/C22H23NO2/c1-16(24)18-8-12-21(13-9-18)23(20-6-4-3-5-7-20)22-14-10-19(11-15-22)17(2)25/h3-17,24-25H,1-2H3. The summed E-state index contributed by atoms with van der Waals surface area (Å²) < 4.78 is 0. The fraction of sp³-hybridized carbons (Fsp3) is 0.182. The van der Waals surface area contributed by atoms with E-state index >= 15 is 0 Å². The summed E-state index contributed by atoms with van der Waals surface area (Å²) in [6.45, 7) is 3.53. The molecule has 0 aliphatic heterocycles. The second-order valence-electron chi connectivity index (χ2n) is 6.21. The minimum absolute atomic E-state index is 0.482. The van der Waals surface area contributed by atoms with Gasteiger partial charge in [-0.2, -0.15) is 0 Å². The van der Waals surface area contributed by atoms with Crippen LogP contribution in [0.5, 0.6) is 0 Å². The van der Waals surface area contributed by atoms with E-state index in [1.807, 2.05) is 66.7 Å². The molecule has 0 heterocycles. The van der Waals surface area contributed by atoms with Gasteiger partial charge in [0.05, 0.1) is 12.2 Å². The maximum atomic E-state index is 9.73. The molecule has 2 unspecified atom stereocenters. The number of aliphatic hydroxyl groups excluding tert-OH is 2. The van der Waals surface area contributed by atoms with Crippen molar-refractivity contribution < 1.29 is 10.2 Å². The molecule has 0 amide bonds. The zero-order valence-corrected chi connectivity index (χ0v) is 14.5. The summed E-state index contributed by atoms with van der Waals surface area (Å²) in [5.41, 5.74) is 4.86. The first kappa shape index (κ1) is 17.2. The van der Waals surface area contributed by atoms with E-state index in [-0.39, 0.29) is 0 Å².